The van der Waals surface area contributed by atoms with Crippen LogP contribution >= 0.6 is 11.6 Å². The Morgan fingerprint density at radius 2 is 1.81 bits per heavy atom. The molecule has 0 aromatic heterocycles. The topological polar surface area (TPSA) is 54.5 Å². The second-order valence-electron chi connectivity index (χ2n) is 4.83. The highest BCUT2D eigenvalue weighted by atomic mass is 35.5. The first kappa shape index (κ1) is 14.1. The number of rotatable bonds is 2. The van der Waals surface area contributed by atoms with Crippen molar-refractivity contribution < 1.29 is 13.2 Å². The number of Topliss-reactive ketones (excluding diaryl/α,β-unsaturated/α-hetero) is 1. The molecule has 1 aliphatic heterocycles. The van der Waals surface area contributed by atoms with Gasteiger partial charge in [0.25, 0.3) is 0 Å². The van der Waals surface area contributed by atoms with E-state index in [1.54, 1.807) is 12.1 Å². The van der Waals surface area contributed by atoms with Crippen molar-refractivity contribution in [1.82, 2.24) is 0 Å². The highest BCUT2D eigenvalue weighted by Gasteiger charge is 2.34. The van der Waals surface area contributed by atoms with Crippen LogP contribution in [0.15, 0.2) is 48.5 Å². The molecule has 1 heterocycles. The lowest BCUT2D eigenvalue weighted by atomic mass is 10.1. The van der Waals surface area contributed by atoms with Gasteiger partial charge in [0.2, 0.25) is 10.0 Å². The Hall–Kier alpha value is -1.85. The number of carbonyl (C=O) groups is 1. The molecule has 0 N–H and O–H groups in total. The van der Waals surface area contributed by atoms with Crippen molar-refractivity contribution in [3.63, 3.8) is 0 Å². The number of anilines is 1. The van der Waals surface area contributed by atoms with Crippen molar-refractivity contribution in [2.75, 3.05) is 10.1 Å². The minimum absolute atomic E-state index is 0.184. The molecule has 0 unspecified atom stereocenters. The van der Waals surface area contributed by atoms with Crippen LogP contribution in [0.2, 0.25) is 5.02 Å². The maximum Gasteiger partial charge on any atom is 0.243 e. The molecule has 0 radical (unpaired) electrons. The predicted molar refractivity (Wildman–Crippen MR) is 82.2 cm³/mol. The average molecular weight is 322 g/mol. The number of benzene rings is 2. The van der Waals surface area contributed by atoms with E-state index in [4.69, 9.17) is 11.6 Å². The number of ketones is 1. The Labute approximate surface area is 128 Å². The van der Waals surface area contributed by atoms with E-state index in [2.05, 4.69) is 0 Å². The lowest BCUT2D eigenvalue weighted by molar-refractivity contribution is 0.102. The highest BCUT2D eigenvalue weighted by molar-refractivity contribution is 7.93. The Bertz CT molecular complexity index is 803. The predicted octanol–water partition coefficient (Wildman–Crippen LogP) is 2.87. The van der Waals surface area contributed by atoms with E-state index in [1.165, 1.54) is 10.4 Å². The zero-order valence-electron chi connectivity index (χ0n) is 11.0. The molecule has 0 atom stereocenters. The fourth-order valence-electron chi connectivity index (χ4n) is 2.35. The number of carbonyl (C=O) groups excluding carboxylic acids is 1. The number of hydrogen-bond donors (Lipinski definition) is 0. The van der Waals surface area contributed by atoms with Crippen molar-refractivity contribution in [1.29, 1.82) is 0 Å². The fraction of sp³-hybridized carbons (Fsp3) is 0.133. The second kappa shape index (κ2) is 5.16. The van der Waals surface area contributed by atoms with Crippen molar-refractivity contribution in [3.05, 3.63) is 64.7 Å². The summed E-state index contributed by atoms with van der Waals surface area (Å²) >= 11 is 5.95. The molecular formula is C15H12ClNO3S. The summed E-state index contributed by atoms with van der Waals surface area (Å²) in [5.74, 6) is -0.903. The number of sulfonamides is 1. The maximum absolute atomic E-state index is 12.3. The van der Waals surface area contributed by atoms with Gasteiger partial charge >= 0.3 is 0 Å². The van der Waals surface area contributed by atoms with Gasteiger partial charge in [0.15, 0.2) is 5.78 Å². The third-order valence-corrected chi connectivity index (χ3v) is 5.21. The standard InChI is InChI=1S/C15H12ClNO3S/c16-12-6-7-13-14(8-12)17(21(19,20)10-15(13)18)9-11-4-2-1-3-5-11/h1-8H,9-10H2. The summed E-state index contributed by atoms with van der Waals surface area (Å²) in [6.07, 6.45) is 0. The smallest absolute Gasteiger partial charge is 0.243 e. The van der Waals surface area contributed by atoms with Gasteiger partial charge in [-0.2, -0.15) is 0 Å². The monoisotopic (exact) mass is 321 g/mol. The fourth-order valence-corrected chi connectivity index (χ4v) is 3.96. The van der Waals surface area contributed by atoms with Gasteiger partial charge in [-0.05, 0) is 23.8 Å². The summed E-state index contributed by atoms with van der Waals surface area (Å²) in [6.45, 7) is 0.184. The minimum atomic E-state index is -3.68. The molecule has 4 nitrogen and oxygen atoms in total. The largest absolute Gasteiger partial charge is 0.293 e. The van der Waals surface area contributed by atoms with E-state index < -0.39 is 21.6 Å². The molecule has 0 aliphatic carbocycles. The van der Waals surface area contributed by atoms with Crippen LogP contribution in [0.4, 0.5) is 5.69 Å². The van der Waals surface area contributed by atoms with Crippen molar-refractivity contribution in [2.24, 2.45) is 0 Å². The summed E-state index contributed by atoms with van der Waals surface area (Å²) in [6, 6.07) is 13.9. The molecule has 1 aliphatic rings. The first-order valence-corrected chi connectivity index (χ1v) is 8.33. The molecule has 0 saturated carbocycles. The molecule has 108 valence electrons. The van der Waals surface area contributed by atoms with Crippen LogP contribution in [0.1, 0.15) is 15.9 Å². The number of fused-ring (bicyclic) bond motifs is 1. The van der Waals surface area contributed by atoms with Gasteiger partial charge < -0.3 is 0 Å². The first-order valence-electron chi connectivity index (χ1n) is 6.34. The van der Waals surface area contributed by atoms with E-state index in [0.29, 0.717) is 16.3 Å². The zero-order valence-corrected chi connectivity index (χ0v) is 12.6. The molecular weight excluding hydrogens is 310 g/mol. The molecule has 2 aromatic rings. The van der Waals surface area contributed by atoms with Crippen LogP contribution in [0.3, 0.4) is 0 Å². The van der Waals surface area contributed by atoms with Crippen LogP contribution in [-0.2, 0) is 16.6 Å². The van der Waals surface area contributed by atoms with E-state index in [-0.39, 0.29) is 6.54 Å². The van der Waals surface area contributed by atoms with Crippen LogP contribution in [0.25, 0.3) is 0 Å². The summed E-state index contributed by atoms with van der Waals surface area (Å²) < 4.78 is 25.9. The number of nitrogens with zero attached hydrogens (tertiary/aromatic N) is 1. The van der Waals surface area contributed by atoms with E-state index in [9.17, 15) is 13.2 Å². The highest BCUT2D eigenvalue weighted by Crippen LogP contribution is 2.33. The lowest BCUT2D eigenvalue weighted by Gasteiger charge is -2.30. The van der Waals surface area contributed by atoms with Gasteiger partial charge in [-0.3, -0.25) is 9.10 Å². The summed E-state index contributed by atoms with van der Waals surface area (Å²) in [5, 5.41) is 0.400. The summed E-state index contributed by atoms with van der Waals surface area (Å²) in [4.78, 5) is 12.0. The number of halogens is 1. The maximum atomic E-state index is 12.3. The third-order valence-electron chi connectivity index (χ3n) is 3.35. The van der Waals surface area contributed by atoms with Gasteiger partial charge in [0.05, 0.1) is 12.2 Å². The van der Waals surface area contributed by atoms with Gasteiger partial charge in [0.1, 0.15) is 5.75 Å². The zero-order chi connectivity index (χ0) is 15.0. The van der Waals surface area contributed by atoms with E-state index in [0.717, 1.165) is 5.56 Å². The van der Waals surface area contributed by atoms with Gasteiger partial charge in [-0.15, -0.1) is 0 Å². The van der Waals surface area contributed by atoms with E-state index >= 15 is 0 Å². The Kier molecular flexibility index (Phi) is 3.47. The van der Waals surface area contributed by atoms with Gasteiger partial charge in [0, 0.05) is 10.6 Å². The van der Waals surface area contributed by atoms with Gasteiger partial charge in [-0.25, -0.2) is 8.42 Å². The second-order valence-corrected chi connectivity index (χ2v) is 7.16. The molecule has 0 spiro atoms. The molecule has 0 amide bonds. The molecule has 3 rings (SSSR count). The lowest BCUT2D eigenvalue weighted by Crippen LogP contribution is -2.40. The molecule has 0 bridgehead atoms. The molecule has 0 fully saturated rings. The van der Waals surface area contributed by atoms with E-state index in [1.807, 2.05) is 30.3 Å². The summed E-state index contributed by atoms with van der Waals surface area (Å²) in [5.41, 5.74) is 1.59. The van der Waals surface area contributed by atoms with Crippen molar-refractivity contribution in [3.8, 4) is 0 Å². The molecule has 2 aromatic carbocycles. The van der Waals surface area contributed by atoms with Crippen molar-refractivity contribution in [2.45, 2.75) is 6.54 Å². The van der Waals surface area contributed by atoms with Crippen LogP contribution < -0.4 is 4.31 Å². The molecule has 21 heavy (non-hydrogen) atoms. The van der Waals surface area contributed by atoms with Gasteiger partial charge in [-0.1, -0.05) is 41.9 Å². The summed E-state index contributed by atoms with van der Waals surface area (Å²) in [7, 11) is -3.68. The molecule has 6 heteroatoms. The Morgan fingerprint density at radius 3 is 2.52 bits per heavy atom. The Balaban J connectivity index is 2.11. The minimum Gasteiger partial charge on any atom is -0.293 e. The average Bonchev–Trinajstić information content (AvgIpc) is 2.44. The van der Waals surface area contributed by atoms with Crippen LogP contribution in [0, 0.1) is 0 Å². The third kappa shape index (κ3) is 2.66. The van der Waals surface area contributed by atoms with Crippen molar-refractivity contribution >= 4 is 33.1 Å². The van der Waals surface area contributed by atoms with Crippen LogP contribution in [-0.4, -0.2) is 20.0 Å². The first-order chi connectivity index (χ1) is 9.97. The normalized spacial score (nSPS) is 16.6. The quantitative estimate of drug-likeness (QED) is 0.854. The SMILES string of the molecule is O=C1CS(=O)(=O)N(Cc2ccccc2)c2cc(Cl)ccc21. The van der Waals surface area contributed by atoms with Crippen LogP contribution in [0.5, 0.6) is 0 Å². The number of hydrogen-bond acceptors (Lipinski definition) is 3. The Morgan fingerprint density at radius 1 is 1.10 bits per heavy atom. The molecule has 0 saturated heterocycles.